The molecule has 1 heterocycles. The van der Waals surface area contributed by atoms with Crippen LogP contribution in [0.5, 0.6) is 0 Å². The number of carbonyl (C=O) groups is 2. The summed E-state index contributed by atoms with van der Waals surface area (Å²) in [6, 6.07) is 9.42. The van der Waals surface area contributed by atoms with Crippen molar-refractivity contribution in [3.8, 4) is 0 Å². The molecule has 94 valence electrons. The molecule has 4 nitrogen and oxygen atoms in total. The molecule has 0 aliphatic carbocycles. The maximum atomic E-state index is 11.9. The number of nitrogens with zero attached hydrogens (tertiary/aromatic N) is 1. The third kappa shape index (κ3) is 2.59. The van der Waals surface area contributed by atoms with Gasteiger partial charge in [-0.2, -0.15) is 0 Å². The van der Waals surface area contributed by atoms with Crippen LogP contribution >= 0.6 is 0 Å². The molecule has 1 aliphatic heterocycles. The molecule has 18 heavy (non-hydrogen) atoms. The summed E-state index contributed by atoms with van der Waals surface area (Å²) in [6.45, 7) is 4.43. The minimum absolute atomic E-state index is 0.0000435. The molecule has 0 unspecified atom stereocenters. The molecule has 1 saturated heterocycles. The van der Waals surface area contributed by atoms with E-state index in [1.165, 1.54) is 0 Å². The van der Waals surface area contributed by atoms with E-state index in [4.69, 9.17) is 0 Å². The Morgan fingerprint density at radius 2 is 2.17 bits per heavy atom. The normalized spacial score (nSPS) is 18.8. The van der Waals surface area contributed by atoms with E-state index in [9.17, 15) is 9.59 Å². The van der Waals surface area contributed by atoms with Crippen LogP contribution in [-0.4, -0.2) is 24.9 Å². The molecule has 1 aromatic carbocycles. The van der Waals surface area contributed by atoms with Gasteiger partial charge in [-0.25, -0.2) is 0 Å². The second kappa shape index (κ2) is 5.49. The van der Waals surface area contributed by atoms with Crippen molar-refractivity contribution in [3.63, 3.8) is 0 Å². The Morgan fingerprint density at radius 1 is 1.44 bits per heavy atom. The fourth-order valence-corrected chi connectivity index (χ4v) is 2.06. The molecular formula is C14H16N2O2. The van der Waals surface area contributed by atoms with Crippen LogP contribution in [-0.2, 0) is 9.59 Å². The molecular weight excluding hydrogens is 228 g/mol. The molecule has 4 heteroatoms. The predicted octanol–water partition coefficient (Wildman–Crippen LogP) is 1.34. The Bertz CT molecular complexity index is 456. The summed E-state index contributed by atoms with van der Waals surface area (Å²) in [7, 11) is 0. The van der Waals surface area contributed by atoms with Crippen LogP contribution < -0.4 is 10.2 Å². The Hall–Kier alpha value is -2.10. The van der Waals surface area contributed by atoms with Crippen molar-refractivity contribution in [3.05, 3.63) is 43.0 Å². The van der Waals surface area contributed by atoms with Gasteiger partial charge in [0.1, 0.15) is 0 Å². The van der Waals surface area contributed by atoms with Crippen molar-refractivity contribution in [1.82, 2.24) is 5.32 Å². The second-order valence-corrected chi connectivity index (χ2v) is 4.27. The summed E-state index contributed by atoms with van der Waals surface area (Å²) in [5.41, 5.74) is 0.849. The lowest BCUT2D eigenvalue weighted by molar-refractivity contribution is -0.126. The smallest absolute Gasteiger partial charge is 0.227 e. The lowest BCUT2D eigenvalue weighted by atomic mass is 10.1. The van der Waals surface area contributed by atoms with Crippen molar-refractivity contribution in [2.24, 2.45) is 5.92 Å². The van der Waals surface area contributed by atoms with Crippen molar-refractivity contribution in [1.29, 1.82) is 0 Å². The number of benzene rings is 1. The number of para-hydroxylation sites is 1. The summed E-state index contributed by atoms with van der Waals surface area (Å²) >= 11 is 0. The van der Waals surface area contributed by atoms with E-state index in [1.54, 1.807) is 11.0 Å². The van der Waals surface area contributed by atoms with Crippen molar-refractivity contribution < 1.29 is 9.59 Å². The summed E-state index contributed by atoms with van der Waals surface area (Å²) in [4.78, 5) is 25.3. The highest BCUT2D eigenvalue weighted by Gasteiger charge is 2.34. The molecule has 0 aromatic heterocycles. The highest BCUT2D eigenvalue weighted by molar-refractivity contribution is 6.00. The fourth-order valence-electron chi connectivity index (χ4n) is 2.06. The molecule has 0 radical (unpaired) electrons. The lowest BCUT2D eigenvalue weighted by Gasteiger charge is -2.16. The molecule has 0 spiro atoms. The number of carbonyl (C=O) groups excluding carboxylic acids is 2. The number of hydrogen-bond donors (Lipinski definition) is 1. The Balaban J connectivity index is 2.03. The van der Waals surface area contributed by atoms with E-state index in [1.807, 2.05) is 30.3 Å². The largest absolute Gasteiger partial charge is 0.352 e. The van der Waals surface area contributed by atoms with E-state index in [-0.39, 0.29) is 24.2 Å². The zero-order chi connectivity index (χ0) is 13.0. The van der Waals surface area contributed by atoms with Crippen LogP contribution in [0.15, 0.2) is 43.0 Å². The average molecular weight is 244 g/mol. The number of anilines is 1. The molecule has 2 rings (SSSR count). The van der Waals surface area contributed by atoms with Crippen molar-refractivity contribution >= 4 is 17.5 Å². The van der Waals surface area contributed by atoms with Gasteiger partial charge in [0.2, 0.25) is 11.8 Å². The Labute approximate surface area is 106 Å². The Morgan fingerprint density at radius 3 is 2.83 bits per heavy atom. The molecule has 1 aliphatic rings. The van der Waals surface area contributed by atoms with Gasteiger partial charge in [-0.15, -0.1) is 6.58 Å². The molecule has 0 saturated carbocycles. The van der Waals surface area contributed by atoms with E-state index in [2.05, 4.69) is 11.9 Å². The maximum absolute atomic E-state index is 11.9. The van der Waals surface area contributed by atoms with Gasteiger partial charge in [0.15, 0.2) is 0 Å². The molecule has 1 N–H and O–H groups in total. The summed E-state index contributed by atoms with van der Waals surface area (Å²) in [5, 5.41) is 2.73. The van der Waals surface area contributed by atoms with Gasteiger partial charge in [-0.3, -0.25) is 9.59 Å². The van der Waals surface area contributed by atoms with E-state index in [0.29, 0.717) is 13.1 Å². The summed E-state index contributed by atoms with van der Waals surface area (Å²) < 4.78 is 0. The van der Waals surface area contributed by atoms with Crippen LogP contribution in [0.2, 0.25) is 0 Å². The number of rotatable bonds is 4. The van der Waals surface area contributed by atoms with Gasteiger partial charge in [-0.1, -0.05) is 24.3 Å². The standard InChI is InChI=1S/C14H16N2O2/c1-2-8-15-14(18)11-9-13(17)16(10-11)12-6-4-3-5-7-12/h2-7,11H,1,8-10H2,(H,15,18)/t11-/m1/s1. The minimum atomic E-state index is -0.266. The molecule has 0 bridgehead atoms. The first-order valence-corrected chi connectivity index (χ1v) is 5.96. The number of nitrogens with one attached hydrogen (secondary N) is 1. The highest BCUT2D eigenvalue weighted by Crippen LogP contribution is 2.24. The molecule has 2 amide bonds. The fraction of sp³-hybridized carbons (Fsp3) is 0.286. The van der Waals surface area contributed by atoms with Gasteiger partial charge < -0.3 is 10.2 Å². The topological polar surface area (TPSA) is 49.4 Å². The monoisotopic (exact) mass is 244 g/mol. The number of amides is 2. The van der Waals surface area contributed by atoms with Crippen molar-refractivity contribution in [2.45, 2.75) is 6.42 Å². The van der Waals surface area contributed by atoms with Gasteiger partial charge in [0.25, 0.3) is 0 Å². The Kier molecular flexibility index (Phi) is 3.77. The van der Waals surface area contributed by atoms with Crippen LogP contribution in [0.3, 0.4) is 0 Å². The average Bonchev–Trinajstić information content (AvgIpc) is 2.79. The third-order valence-electron chi connectivity index (χ3n) is 2.98. The second-order valence-electron chi connectivity index (χ2n) is 4.27. The van der Waals surface area contributed by atoms with E-state index >= 15 is 0 Å². The zero-order valence-electron chi connectivity index (χ0n) is 10.1. The SMILES string of the molecule is C=CCNC(=O)[C@@H]1CC(=O)N(c2ccccc2)C1. The maximum Gasteiger partial charge on any atom is 0.227 e. The van der Waals surface area contributed by atoms with Crippen molar-refractivity contribution in [2.75, 3.05) is 18.0 Å². The highest BCUT2D eigenvalue weighted by atomic mass is 16.2. The van der Waals surface area contributed by atoms with Gasteiger partial charge in [-0.05, 0) is 12.1 Å². The zero-order valence-corrected chi connectivity index (χ0v) is 10.1. The molecule has 1 fully saturated rings. The van der Waals surface area contributed by atoms with Gasteiger partial charge in [0.05, 0.1) is 5.92 Å². The van der Waals surface area contributed by atoms with Crippen LogP contribution in [0.25, 0.3) is 0 Å². The summed E-state index contributed by atoms with van der Waals surface area (Å²) in [5.74, 6) is -0.348. The predicted molar refractivity (Wildman–Crippen MR) is 70.1 cm³/mol. The summed E-state index contributed by atoms with van der Waals surface area (Å²) in [6.07, 6.45) is 1.90. The minimum Gasteiger partial charge on any atom is -0.352 e. The lowest BCUT2D eigenvalue weighted by Crippen LogP contribution is -2.32. The molecule has 1 atom stereocenters. The first-order valence-electron chi connectivity index (χ1n) is 5.96. The first-order chi connectivity index (χ1) is 8.72. The van der Waals surface area contributed by atoms with Gasteiger partial charge >= 0.3 is 0 Å². The van der Waals surface area contributed by atoms with Gasteiger partial charge in [0, 0.05) is 25.2 Å². The quantitative estimate of drug-likeness (QED) is 0.813. The van der Waals surface area contributed by atoms with E-state index < -0.39 is 0 Å². The van der Waals surface area contributed by atoms with Crippen LogP contribution in [0.4, 0.5) is 5.69 Å². The van der Waals surface area contributed by atoms with Crippen LogP contribution in [0.1, 0.15) is 6.42 Å². The molecule has 1 aromatic rings. The van der Waals surface area contributed by atoms with Crippen LogP contribution in [0, 0.1) is 5.92 Å². The number of hydrogen-bond acceptors (Lipinski definition) is 2. The van der Waals surface area contributed by atoms with E-state index in [0.717, 1.165) is 5.69 Å². The first kappa shape index (κ1) is 12.4. The third-order valence-corrected chi connectivity index (χ3v) is 2.98.